The van der Waals surface area contributed by atoms with Gasteiger partial charge in [-0.15, -0.1) is 0 Å². The highest BCUT2D eigenvalue weighted by Crippen LogP contribution is 2.25. The molecule has 0 atom stereocenters. The van der Waals surface area contributed by atoms with Gasteiger partial charge in [0.15, 0.2) is 0 Å². The SMILES string of the molecule is CC[NH+]1CCN(C(=O)c2ccc(OC)cc2OC)CC1. The third-order valence-electron chi connectivity index (χ3n) is 3.90. The minimum Gasteiger partial charge on any atom is -0.497 e. The Hall–Kier alpha value is -1.75. The Morgan fingerprint density at radius 3 is 2.50 bits per heavy atom. The summed E-state index contributed by atoms with van der Waals surface area (Å²) in [6.07, 6.45) is 0. The number of nitrogens with zero attached hydrogens (tertiary/aromatic N) is 1. The van der Waals surface area contributed by atoms with Crippen LogP contribution in [-0.2, 0) is 0 Å². The van der Waals surface area contributed by atoms with Gasteiger partial charge in [0.2, 0.25) is 0 Å². The van der Waals surface area contributed by atoms with Gasteiger partial charge in [0.1, 0.15) is 11.5 Å². The molecule has 1 fully saturated rings. The number of hydrogen-bond donors (Lipinski definition) is 1. The lowest BCUT2D eigenvalue weighted by molar-refractivity contribution is -0.902. The third-order valence-corrected chi connectivity index (χ3v) is 3.90. The summed E-state index contributed by atoms with van der Waals surface area (Å²) in [5.74, 6) is 1.30. The van der Waals surface area contributed by atoms with E-state index in [2.05, 4.69) is 6.92 Å². The monoisotopic (exact) mass is 279 g/mol. The van der Waals surface area contributed by atoms with Crippen LogP contribution in [0.4, 0.5) is 0 Å². The molecule has 2 rings (SSSR count). The third kappa shape index (κ3) is 3.04. The highest BCUT2D eigenvalue weighted by atomic mass is 16.5. The van der Waals surface area contributed by atoms with E-state index in [1.165, 1.54) is 0 Å². The van der Waals surface area contributed by atoms with Crippen molar-refractivity contribution in [3.8, 4) is 11.5 Å². The second kappa shape index (κ2) is 6.61. The Labute approximate surface area is 120 Å². The molecule has 0 bridgehead atoms. The van der Waals surface area contributed by atoms with Crippen molar-refractivity contribution < 1.29 is 19.2 Å². The number of piperazine rings is 1. The zero-order valence-corrected chi connectivity index (χ0v) is 12.4. The fraction of sp³-hybridized carbons (Fsp3) is 0.533. The molecule has 1 heterocycles. The summed E-state index contributed by atoms with van der Waals surface area (Å²) < 4.78 is 10.5. The van der Waals surface area contributed by atoms with Gasteiger partial charge in [-0.05, 0) is 19.1 Å². The number of carbonyl (C=O) groups is 1. The molecule has 0 saturated carbocycles. The predicted octanol–water partition coefficient (Wildman–Crippen LogP) is 0.0644. The first-order valence-electron chi connectivity index (χ1n) is 7.04. The minimum atomic E-state index is 0.0413. The van der Waals surface area contributed by atoms with Crippen molar-refractivity contribution in [3.05, 3.63) is 23.8 Å². The molecule has 5 heteroatoms. The molecular formula is C15H23N2O3+. The van der Waals surface area contributed by atoms with Crippen molar-refractivity contribution in [2.24, 2.45) is 0 Å². The molecule has 0 aromatic heterocycles. The number of benzene rings is 1. The van der Waals surface area contributed by atoms with Crippen molar-refractivity contribution in [2.75, 3.05) is 46.9 Å². The zero-order chi connectivity index (χ0) is 14.5. The van der Waals surface area contributed by atoms with Crippen LogP contribution >= 0.6 is 0 Å². The molecule has 1 aromatic carbocycles. The van der Waals surface area contributed by atoms with Crippen LogP contribution in [0.15, 0.2) is 18.2 Å². The van der Waals surface area contributed by atoms with Gasteiger partial charge in [-0.2, -0.15) is 0 Å². The molecule has 1 aromatic rings. The standard InChI is InChI=1S/C15H22N2O3/c1-4-16-7-9-17(10-8-16)15(18)13-6-5-12(19-2)11-14(13)20-3/h5-6,11H,4,7-10H2,1-3H3/p+1. The normalized spacial score (nSPS) is 16.1. The molecule has 110 valence electrons. The molecular weight excluding hydrogens is 256 g/mol. The number of quaternary nitrogens is 1. The summed E-state index contributed by atoms with van der Waals surface area (Å²) in [5.41, 5.74) is 0.605. The molecule has 0 unspecified atom stereocenters. The number of likely N-dealkylation sites (N-methyl/N-ethyl adjacent to an activating group) is 1. The van der Waals surface area contributed by atoms with E-state index in [9.17, 15) is 4.79 Å². The second-order valence-electron chi connectivity index (χ2n) is 4.96. The van der Waals surface area contributed by atoms with Gasteiger partial charge in [0.05, 0.1) is 52.5 Å². The second-order valence-corrected chi connectivity index (χ2v) is 4.96. The molecule has 1 saturated heterocycles. The first-order chi connectivity index (χ1) is 9.69. The van der Waals surface area contributed by atoms with Gasteiger partial charge >= 0.3 is 0 Å². The lowest BCUT2D eigenvalue weighted by Crippen LogP contribution is -3.14. The van der Waals surface area contributed by atoms with Gasteiger partial charge in [-0.1, -0.05) is 0 Å². The van der Waals surface area contributed by atoms with Crippen molar-refractivity contribution >= 4 is 5.91 Å². The van der Waals surface area contributed by atoms with E-state index in [-0.39, 0.29) is 5.91 Å². The van der Waals surface area contributed by atoms with Crippen LogP contribution in [0.5, 0.6) is 11.5 Å². The summed E-state index contributed by atoms with van der Waals surface area (Å²) in [6, 6.07) is 5.32. The van der Waals surface area contributed by atoms with Gasteiger partial charge < -0.3 is 19.3 Å². The van der Waals surface area contributed by atoms with E-state index in [4.69, 9.17) is 9.47 Å². The Bertz CT molecular complexity index is 468. The first-order valence-corrected chi connectivity index (χ1v) is 7.04. The Morgan fingerprint density at radius 1 is 1.25 bits per heavy atom. The molecule has 1 aliphatic heterocycles. The van der Waals surface area contributed by atoms with E-state index in [1.807, 2.05) is 4.90 Å². The molecule has 1 aliphatic rings. The summed E-state index contributed by atoms with van der Waals surface area (Å²) in [4.78, 5) is 16.0. The maximum absolute atomic E-state index is 12.6. The first kappa shape index (κ1) is 14.7. The average Bonchev–Trinajstić information content (AvgIpc) is 2.53. The van der Waals surface area contributed by atoms with E-state index < -0.39 is 0 Å². The van der Waals surface area contributed by atoms with Crippen LogP contribution in [0.2, 0.25) is 0 Å². The van der Waals surface area contributed by atoms with Crippen molar-refractivity contribution in [1.29, 1.82) is 0 Å². The highest BCUT2D eigenvalue weighted by molar-refractivity contribution is 5.97. The van der Waals surface area contributed by atoms with Crippen molar-refractivity contribution in [3.63, 3.8) is 0 Å². The number of hydrogen-bond acceptors (Lipinski definition) is 3. The smallest absolute Gasteiger partial charge is 0.258 e. The minimum absolute atomic E-state index is 0.0413. The van der Waals surface area contributed by atoms with Crippen LogP contribution in [0.1, 0.15) is 17.3 Å². The maximum atomic E-state index is 12.6. The van der Waals surface area contributed by atoms with Gasteiger partial charge in [0, 0.05) is 6.07 Å². The van der Waals surface area contributed by atoms with Crippen molar-refractivity contribution in [2.45, 2.75) is 6.92 Å². The lowest BCUT2D eigenvalue weighted by atomic mass is 10.1. The van der Waals surface area contributed by atoms with E-state index >= 15 is 0 Å². The maximum Gasteiger partial charge on any atom is 0.258 e. The number of ether oxygens (including phenoxy) is 2. The van der Waals surface area contributed by atoms with Gasteiger partial charge in [-0.25, -0.2) is 0 Å². The van der Waals surface area contributed by atoms with E-state index in [0.29, 0.717) is 17.1 Å². The molecule has 1 N–H and O–H groups in total. The Morgan fingerprint density at radius 2 is 1.95 bits per heavy atom. The summed E-state index contributed by atoms with van der Waals surface area (Å²) in [5, 5.41) is 0. The molecule has 1 amide bonds. The summed E-state index contributed by atoms with van der Waals surface area (Å²) >= 11 is 0. The van der Waals surface area contributed by atoms with Crippen LogP contribution in [0.25, 0.3) is 0 Å². The summed E-state index contributed by atoms with van der Waals surface area (Å²) in [6.45, 7) is 6.93. The van der Waals surface area contributed by atoms with Gasteiger partial charge in [0.25, 0.3) is 5.91 Å². The predicted molar refractivity (Wildman–Crippen MR) is 76.7 cm³/mol. The van der Waals surface area contributed by atoms with Crippen LogP contribution in [-0.4, -0.2) is 57.8 Å². The van der Waals surface area contributed by atoms with E-state index in [1.54, 1.807) is 37.3 Å². The summed E-state index contributed by atoms with van der Waals surface area (Å²) in [7, 11) is 3.17. The number of amides is 1. The van der Waals surface area contributed by atoms with Crippen LogP contribution < -0.4 is 14.4 Å². The lowest BCUT2D eigenvalue weighted by Gasteiger charge is -2.31. The highest BCUT2D eigenvalue weighted by Gasteiger charge is 2.25. The molecule has 0 spiro atoms. The molecule has 20 heavy (non-hydrogen) atoms. The van der Waals surface area contributed by atoms with Gasteiger partial charge in [-0.3, -0.25) is 4.79 Å². The fourth-order valence-corrected chi connectivity index (χ4v) is 2.53. The Kier molecular flexibility index (Phi) is 4.84. The molecule has 0 radical (unpaired) electrons. The fourth-order valence-electron chi connectivity index (χ4n) is 2.53. The van der Waals surface area contributed by atoms with E-state index in [0.717, 1.165) is 32.7 Å². The molecule has 5 nitrogen and oxygen atoms in total. The van der Waals surface area contributed by atoms with Crippen LogP contribution in [0.3, 0.4) is 0 Å². The quantitative estimate of drug-likeness (QED) is 0.848. The Balaban J connectivity index is 2.13. The number of nitrogens with one attached hydrogen (secondary N) is 1. The number of rotatable bonds is 4. The van der Waals surface area contributed by atoms with Crippen LogP contribution in [0, 0.1) is 0 Å². The average molecular weight is 279 g/mol. The number of methoxy groups -OCH3 is 2. The number of carbonyl (C=O) groups excluding carboxylic acids is 1. The molecule has 0 aliphatic carbocycles. The topological polar surface area (TPSA) is 43.2 Å². The largest absolute Gasteiger partial charge is 0.497 e. The van der Waals surface area contributed by atoms with Crippen molar-refractivity contribution in [1.82, 2.24) is 4.90 Å². The zero-order valence-electron chi connectivity index (χ0n) is 12.4.